The normalized spacial score (nSPS) is 12.1. The van der Waals surface area contributed by atoms with Gasteiger partial charge in [0.1, 0.15) is 0 Å². The lowest BCUT2D eigenvalue weighted by Gasteiger charge is -2.13. The fraction of sp³-hybridized carbons (Fsp3) is 0.357. The number of aliphatic carboxylic acids is 1. The van der Waals surface area contributed by atoms with Crippen LogP contribution in [0.4, 0.5) is 0 Å². The SMILES string of the molecule is C=C(CCCCC(=O)O)C(O)c1ccccc1. The van der Waals surface area contributed by atoms with Gasteiger partial charge in [-0.05, 0) is 30.4 Å². The first-order valence-corrected chi connectivity index (χ1v) is 5.73. The third-order valence-electron chi connectivity index (χ3n) is 2.64. The number of unbranched alkanes of at least 4 members (excludes halogenated alkanes) is 1. The average Bonchev–Trinajstić information content (AvgIpc) is 2.34. The van der Waals surface area contributed by atoms with Crippen LogP contribution in [0.3, 0.4) is 0 Å². The summed E-state index contributed by atoms with van der Waals surface area (Å²) in [5, 5.41) is 18.5. The topological polar surface area (TPSA) is 57.5 Å². The average molecular weight is 234 g/mol. The molecule has 0 radical (unpaired) electrons. The summed E-state index contributed by atoms with van der Waals surface area (Å²) in [7, 11) is 0. The van der Waals surface area contributed by atoms with E-state index >= 15 is 0 Å². The van der Waals surface area contributed by atoms with Crippen molar-refractivity contribution in [3.05, 3.63) is 48.0 Å². The molecule has 0 saturated heterocycles. The molecule has 0 spiro atoms. The van der Waals surface area contributed by atoms with Crippen LogP contribution in [-0.4, -0.2) is 16.2 Å². The van der Waals surface area contributed by atoms with Crippen LogP contribution < -0.4 is 0 Å². The first-order chi connectivity index (χ1) is 8.11. The third-order valence-corrected chi connectivity index (χ3v) is 2.64. The fourth-order valence-corrected chi connectivity index (χ4v) is 1.64. The van der Waals surface area contributed by atoms with Gasteiger partial charge in [-0.15, -0.1) is 0 Å². The standard InChI is InChI=1S/C14H18O3/c1-11(7-5-6-10-13(15)16)14(17)12-8-3-2-4-9-12/h2-4,8-9,14,17H,1,5-7,10H2,(H,15,16). The van der Waals surface area contributed by atoms with Crippen molar-refractivity contribution < 1.29 is 15.0 Å². The van der Waals surface area contributed by atoms with E-state index in [1.165, 1.54) is 0 Å². The van der Waals surface area contributed by atoms with E-state index in [9.17, 15) is 9.90 Å². The molecule has 1 rings (SSSR count). The highest BCUT2D eigenvalue weighted by atomic mass is 16.4. The first-order valence-electron chi connectivity index (χ1n) is 5.73. The molecule has 0 bridgehead atoms. The minimum Gasteiger partial charge on any atom is -0.481 e. The largest absolute Gasteiger partial charge is 0.481 e. The van der Waals surface area contributed by atoms with Crippen LogP contribution >= 0.6 is 0 Å². The van der Waals surface area contributed by atoms with Crippen molar-refractivity contribution in [1.82, 2.24) is 0 Å². The van der Waals surface area contributed by atoms with Gasteiger partial charge in [-0.2, -0.15) is 0 Å². The number of carbonyl (C=O) groups is 1. The lowest BCUT2D eigenvalue weighted by Crippen LogP contribution is -2.01. The number of benzene rings is 1. The molecule has 3 heteroatoms. The Hall–Kier alpha value is -1.61. The molecule has 0 aliphatic rings. The summed E-state index contributed by atoms with van der Waals surface area (Å²) >= 11 is 0. The van der Waals surface area contributed by atoms with E-state index in [0.717, 1.165) is 17.6 Å². The highest BCUT2D eigenvalue weighted by Gasteiger charge is 2.10. The molecule has 3 nitrogen and oxygen atoms in total. The van der Waals surface area contributed by atoms with E-state index in [1.807, 2.05) is 30.3 Å². The summed E-state index contributed by atoms with van der Waals surface area (Å²) in [5.74, 6) is -0.778. The van der Waals surface area contributed by atoms with Crippen molar-refractivity contribution in [3.8, 4) is 0 Å². The Morgan fingerprint density at radius 2 is 1.76 bits per heavy atom. The quantitative estimate of drug-likeness (QED) is 0.563. The maximum atomic E-state index is 10.3. The van der Waals surface area contributed by atoms with Crippen LogP contribution in [0.25, 0.3) is 0 Å². The Kier molecular flexibility index (Phi) is 5.43. The van der Waals surface area contributed by atoms with Crippen molar-refractivity contribution in [3.63, 3.8) is 0 Å². The Labute approximate surface area is 101 Å². The van der Waals surface area contributed by atoms with Gasteiger partial charge < -0.3 is 10.2 Å². The van der Waals surface area contributed by atoms with E-state index in [-0.39, 0.29) is 6.42 Å². The summed E-state index contributed by atoms with van der Waals surface area (Å²) in [6.45, 7) is 3.85. The van der Waals surface area contributed by atoms with Gasteiger partial charge in [0.15, 0.2) is 0 Å². The zero-order valence-corrected chi connectivity index (χ0v) is 9.80. The lowest BCUT2D eigenvalue weighted by atomic mass is 9.98. The van der Waals surface area contributed by atoms with Crippen molar-refractivity contribution in [2.75, 3.05) is 0 Å². The van der Waals surface area contributed by atoms with Gasteiger partial charge >= 0.3 is 5.97 Å². The minimum atomic E-state index is -0.778. The monoisotopic (exact) mass is 234 g/mol. The molecule has 92 valence electrons. The van der Waals surface area contributed by atoms with E-state index < -0.39 is 12.1 Å². The second kappa shape index (κ2) is 6.86. The molecule has 0 heterocycles. The second-order valence-corrected chi connectivity index (χ2v) is 4.07. The molecule has 0 amide bonds. The maximum absolute atomic E-state index is 10.3. The summed E-state index contributed by atoms with van der Waals surface area (Å²) in [6, 6.07) is 9.35. The number of hydrogen-bond donors (Lipinski definition) is 2. The van der Waals surface area contributed by atoms with Crippen LogP contribution in [0.2, 0.25) is 0 Å². The summed E-state index contributed by atoms with van der Waals surface area (Å²) in [6.07, 6.45) is 1.55. The minimum absolute atomic E-state index is 0.175. The molecule has 0 aromatic heterocycles. The summed E-state index contributed by atoms with van der Waals surface area (Å²) in [5.41, 5.74) is 1.57. The Morgan fingerprint density at radius 1 is 1.18 bits per heavy atom. The second-order valence-electron chi connectivity index (χ2n) is 4.07. The van der Waals surface area contributed by atoms with E-state index in [0.29, 0.717) is 12.8 Å². The molecule has 1 aromatic rings. The summed E-state index contributed by atoms with van der Waals surface area (Å²) < 4.78 is 0. The van der Waals surface area contributed by atoms with Gasteiger partial charge in [-0.1, -0.05) is 36.9 Å². The van der Waals surface area contributed by atoms with E-state index in [2.05, 4.69) is 6.58 Å². The van der Waals surface area contributed by atoms with Gasteiger partial charge in [0.05, 0.1) is 6.10 Å². The van der Waals surface area contributed by atoms with Crippen molar-refractivity contribution in [1.29, 1.82) is 0 Å². The molecule has 1 unspecified atom stereocenters. The van der Waals surface area contributed by atoms with Gasteiger partial charge in [0.2, 0.25) is 0 Å². The number of carboxylic acids is 1. The maximum Gasteiger partial charge on any atom is 0.303 e. The fourth-order valence-electron chi connectivity index (χ4n) is 1.64. The van der Waals surface area contributed by atoms with Gasteiger partial charge in [-0.25, -0.2) is 0 Å². The van der Waals surface area contributed by atoms with Crippen LogP contribution in [-0.2, 0) is 4.79 Å². The zero-order chi connectivity index (χ0) is 12.7. The van der Waals surface area contributed by atoms with Crippen molar-refractivity contribution in [2.45, 2.75) is 31.8 Å². The van der Waals surface area contributed by atoms with Crippen molar-refractivity contribution >= 4 is 5.97 Å². The molecule has 2 N–H and O–H groups in total. The first kappa shape index (κ1) is 13.5. The van der Waals surface area contributed by atoms with E-state index in [1.54, 1.807) is 0 Å². The number of aliphatic hydroxyl groups is 1. The van der Waals surface area contributed by atoms with Crippen LogP contribution in [0.5, 0.6) is 0 Å². The molecule has 0 fully saturated rings. The Bertz CT molecular complexity index is 370. The summed E-state index contributed by atoms with van der Waals surface area (Å²) in [4.78, 5) is 10.3. The van der Waals surface area contributed by atoms with Crippen LogP contribution in [0, 0.1) is 0 Å². The molecule has 0 saturated carbocycles. The van der Waals surface area contributed by atoms with Gasteiger partial charge in [0.25, 0.3) is 0 Å². The number of aliphatic hydroxyl groups excluding tert-OH is 1. The Balaban J connectivity index is 2.35. The molecule has 1 atom stereocenters. The molecule has 1 aromatic carbocycles. The number of rotatable bonds is 7. The molecule has 17 heavy (non-hydrogen) atoms. The Morgan fingerprint density at radius 3 is 2.35 bits per heavy atom. The van der Waals surface area contributed by atoms with Crippen LogP contribution in [0.15, 0.2) is 42.5 Å². The lowest BCUT2D eigenvalue weighted by molar-refractivity contribution is -0.137. The van der Waals surface area contributed by atoms with Crippen LogP contribution in [0.1, 0.15) is 37.4 Å². The molecule has 0 aliphatic carbocycles. The molecular formula is C14H18O3. The highest BCUT2D eigenvalue weighted by molar-refractivity contribution is 5.66. The van der Waals surface area contributed by atoms with Gasteiger partial charge in [-0.3, -0.25) is 4.79 Å². The van der Waals surface area contributed by atoms with E-state index in [4.69, 9.17) is 5.11 Å². The number of carboxylic acid groups (broad SMARTS) is 1. The smallest absolute Gasteiger partial charge is 0.303 e. The van der Waals surface area contributed by atoms with Crippen molar-refractivity contribution in [2.24, 2.45) is 0 Å². The third kappa shape index (κ3) is 4.83. The zero-order valence-electron chi connectivity index (χ0n) is 9.80. The predicted molar refractivity (Wildman–Crippen MR) is 66.6 cm³/mol. The molecular weight excluding hydrogens is 216 g/mol. The highest BCUT2D eigenvalue weighted by Crippen LogP contribution is 2.23. The number of hydrogen-bond acceptors (Lipinski definition) is 2. The van der Waals surface area contributed by atoms with Gasteiger partial charge in [0, 0.05) is 6.42 Å². The molecule has 0 aliphatic heterocycles. The predicted octanol–water partition coefficient (Wildman–Crippen LogP) is 2.92.